The number of rotatable bonds is 8. The first-order valence-electron chi connectivity index (χ1n) is 7.81. The van der Waals surface area contributed by atoms with Crippen molar-refractivity contribution in [2.45, 2.75) is 39.7 Å². The molecule has 0 aromatic rings. The molecule has 0 spiro atoms. The van der Waals surface area contributed by atoms with E-state index in [9.17, 15) is 4.79 Å². The maximum atomic E-state index is 12.6. The van der Waals surface area contributed by atoms with E-state index in [4.69, 9.17) is 4.74 Å². The first-order valence-corrected chi connectivity index (χ1v) is 7.81. The highest BCUT2D eigenvalue weighted by atomic mass is 35.5. The fourth-order valence-corrected chi connectivity index (χ4v) is 2.91. The van der Waals surface area contributed by atoms with Gasteiger partial charge in [0.05, 0.1) is 12.0 Å². The molecule has 1 rings (SSSR count). The van der Waals surface area contributed by atoms with Crippen LogP contribution in [0.1, 0.15) is 33.6 Å². The first kappa shape index (κ1) is 24.2. The molecule has 0 aliphatic carbocycles. The van der Waals surface area contributed by atoms with Crippen molar-refractivity contribution in [1.29, 1.82) is 0 Å². The number of nitrogens with one attached hydrogen (secondary N) is 2. The SMILES string of the molecule is CCN(CC)CC(C)NC(=O)C1(COC)CCNCC1.Cl.Cl. The lowest BCUT2D eigenvalue weighted by molar-refractivity contribution is -0.137. The maximum Gasteiger partial charge on any atom is 0.228 e. The molecule has 0 aromatic heterocycles. The Morgan fingerprint density at radius 3 is 2.27 bits per heavy atom. The van der Waals surface area contributed by atoms with Crippen LogP contribution in [0.5, 0.6) is 0 Å². The number of carbonyl (C=O) groups excluding carboxylic acids is 1. The summed E-state index contributed by atoms with van der Waals surface area (Å²) in [5, 5.41) is 6.50. The minimum Gasteiger partial charge on any atom is -0.384 e. The smallest absolute Gasteiger partial charge is 0.228 e. The normalized spacial score (nSPS) is 18.0. The summed E-state index contributed by atoms with van der Waals surface area (Å²) in [6.07, 6.45) is 1.70. The molecule has 7 heteroatoms. The van der Waals surface area contributed by atoms with Crippen LogP contribution in [-0.4, -0.2) is 63.3 Å². The molecule has 1 aliphatic heterocycles. The Labute approximate surface area is 147 Å². The molecular formula is C15H33Cl2N3O2. The van der Waals surface area contributed by atoms with Crippen LogP contribution in [0.15, 0.2) is 0 Å². The summed E-state index contributed by atoms with van der Waals surface area (Å²) in [6.45, 7) is 11.6. The van der Waals surface area contributed by atoms with Crippen LogP contribution in [0.25, 0.3) is 0 Å². The van der Waals surface area contributed by atoms with Crippen molar-refractivity contribution in [3.63, 3.8) is 0 Å². The van der Waals surface area contributed by atoms with Crippen LogP contribution in [0.3, 0.4) is 0 Å². The largest absolute Gasteiger partial charge is 0.384 e. The standard InChI is InChI=1S/C15H31N3O2.2ClH/c1-5-18(6-2)11-13(3)17-14(19)15(12-20-4)7-9-16-10-8-15;;/h13,16H,5-12H2,1-4H3,(H,17,19);2*1H. The Balaban J connectivity index is 0. The lowest BCUT2D eigenvalue weighted by Crippen LogP contribution is -2.53. The first-order chi connectivity index (χ1) is 9.57. The summed E-state index contributed by atoms with van der Waals surface area (Å²) in [7, 11) is 1.68. The third-order valence-corrected chi connectivity index (χ3v) is 4.27. The number of hydrogen-bond donors (Lipinski definition) is 2. The second-order valence-corrected chi connectivity index (χ2v) is 5.82. The second-order valence-electron chi connectivity index (χ2n) is 5.82. The Morgan fingerprint density at radius 2 is 1.82 bits per heavy atom. The van der Waals surface area contributed by atoms with Gasteiger partial charge in [-0.3, -0.25) is 4.79 Å². The van der Waals surface area contributed by atoms with Gasteiger partial charge in [-0.25, -0.2) is 0 Å². The van der Waals surface area contributed by atoms with Gasteiger partial charge in [-0.15, -0.1) is 24.8 Å². The van der Waals surface area contributed by atoms with Gasteiger partial charge < -0.3 is 20.3 Å². The molecule has 0 bridgehead atoms. The minimum atomic E-state index is -0.350. The summed E-state index contributed by atoms with van der Waals surface area (Å²) >= 11 is 0. The lowest BCUT2D eigenvalue weighted by Gasteiger charge is -2.37. The van der Waals surface area contributed by atoms with Gasteiger partial charge in [-0.2, -0.15) is 0 Å². The second kappa shape index (κ2) is 12.4. The molecule has 0 radical (unpaired) electrons. The fraction of sp³-hybridized carbons (Fsp3) is 0.933. The molecule has 5 nitrogen and oxygen atoms in total. The zero-order chi connectivity index (χ0) is 15.0. The lowest BCUT2D eigenvalue weighted by atomic mass is 9.78. The van der Waals surface area contributed by atoms with E-state index in [1.807, 2.05) is 0 Å². The predicted octanol–water partition coefficient (Wildman–Crippen LogP) is 1.69. The highest BCUT2D eigenvalue weighted by Gasteiger charge is 2.40. The van der Waals surface area contributed by atoms with Gasteiger partial charge in [0.25, 0.3) is 0 Å². The third kappa shape index (κ3) is 7.01. The number of halogens is 2. The van der Waals surface area contributed by atoms with E-state index in [0.717, 1.165) is 45.6 Å². The number of hydrogen-bond acceptors (Lipinski definition) is 4. The maximum absolute atomic E-state index is 12.6. The molecule has 1 fully saturated rings. The van der Waals surface area contributed by atoms with Crippen LogP contribution in [0.4, 0.5) is 0 Å². The Hall–Kier alpha value is -0.0700. The fourth-order valence-electron chi connectivity index (χ4n) is 2.91. The van der Waals surface area contributed by atoms with E-state index >= 15 is 0 Å². The molecule has 1 aliphatic rings. The van der Waals surface area contributed by atoms with Gasteiger partial charge in [0.1, 0.15) is 0 Å². The van der Waals surface area contributed by atoms with Gasteiger partial charge in [0.15, 0.2) is 0 Å². The number of carbonyl (C=O) groups is 1. The summed E-state index contributed by atoms with van der Waals surface area (Å²) < 4.78 is 5.31. The van der Waals surface area contributed by atoms with Gasteiger partial charge >= 0.3 is 0 Å². The van der Waals surface area contributed by atoms with Crippen molar-refractivity contribution in [2.24, 2.45) is 5.41 Å². The van der Waals surface area contributed by atoms with Crippen LogP contribution >= 0.6 is 24.8 Å². The van der Waals surface area contributed by atoms with Crippen molar-refractivity contribution < 1.29 is 9.53 Å². The van der Waals surface area contributed by atoms with E-state index in [0.29, 0.717) is 6.61 Å². The van der Waals surface area contributed by atoms with E-state index in [2.05, 4.69) is 36.3 Å². The van der Waals surface area contributed by atoms with Crippen LogP contribution < -0.4 is 10.6 Å². The number of nitrogens with zero attached hydrogens (tertiary/aromatic N) is 1. The molecule has 134 valence electrons. The zero-order valence-corrected chi connectivity index (χ0v) is 15.9. The average molecular weight is 358 g/mol. The topological polar surface area (TPSA) is 53.6 Å². The Kier molecular flexibility index (Phi) is 13.6. The highest BCUT2D eigenvalue weighted by molar-refractivity contribution is 5.85. The molecule has 1 saturated heterocycles. The van der Waals surface area contributed by atoms with E-state index < -0.39 is 0 Å². The summed E-state index contributed by atoms with van der Waals surface area (Å²) in [5.41, 5.74) is -0.350. The molecule has 0 aromatic carbocycles. The molecule has 0 saturated carbocycles. The monoisotopic (exact) mass is 357 g/mol. The molecule has 22 heavy (non-hydrogen) atoms. The van der Waals surface area contributed by atoms with Gasteiger partial charge in [0.2, 0.25) is 5.91 Å². The van der Waals surface area contributed by atoms with Gasteiger partial charge in [-0.05, 0) is 45.9 Å². The summed E-state index contributed by atoms with van der Waals surface area (Å²) in [6, 6.07) is 0.172. The molecule has 1 unspecified atom stereocenters. The summed E-state index contributed by atoms with van der Waals surface area (Å²) in [5.74, 6) is 0.153. The molecular weight excluding hydrogens is 325 g/mol. The third-order valence-electron chi connectivity index (χ3n) is 4.27. The molecule has 1 amide bonds. The van der Waals surface area contributed by atoms with E-state index in [-0.39, 0.29) is 42.2 Å². The highest BCUT2D eigenvalue weighted by Crippen LogP contribution is 2.29. The average Bonchev–Trinajstić information content (AvgIpc) is 2.46. The zero-order valence-electron chi connectivity index (χ0n) is 14.3. The molecule has 1 heterocycles. The van der Waals surface area contributed by atoms with Crippen molar-refractivity contribution >= 4 is 30.7 Å². The number of piperidine rings is 1. The van der Waals surface area contributed by atoms with Crippen molar-refractivity contribution in [3.05, 3.63) is 0 Å². The number of amides is 1. The van der Waals surface area contributed by atoms with Crippen molar-refractivity contribution in [3.8, 4) is 0 Å². The van der Waals surface area contributed by atoms with Crippen LogP contribution in [0.2, 0.25) is 0 Å². The van der Waals surface area contributed by atoms with E-state index in [1.54, 1.807) is 7.11 Å². The van der Waals surface area contributed by atoms with Gasteiger partial charge in [0, 0.05) is 19.7 Å². The Bertz CT molecular complexity index is 291. The quantitative estimate of drug-likeness (QED) is 0.693. The Morgan fingerprint density at radius 1 is 1.27 bits per heavy atom. The molecule has 1 atom stereocenters. The number of ether oxygens (including phenoxy) is 1. The number of likely N-dealkylation sites (N-methyl/N-ethyl adjacent to an activating group) is 1. The van der Waals surface area contributed by atoms with Crippen LogP contribution in [0, 0.1) is 5.41 Å². The minimum absolute atomic E-state index is 0. The predicted molar refractivity (Wildman–Crippen MR) is 96.3 cm³/mol. The van der Waals surface area contributed by atoms with Crippen LogP contribution in [-0.2, 0) is 9.53 Å². The van der Waals surface area contributed by atoms with Crippen molar-refractivity contribution in [2.75, 3.05) is 46.4 Å². The van der Waals surface area contributed by atoms with E-state index in [1.165, 1.54) is 0 Å². The number of methoxy groups -OCH3 is 1. The van der Waals surface area contributed by atoms with Crippen molar-refractivity contribution in [1.82, 2.24) is 15.5 Å². The molecule has 2 N–H and O–H groups in total. The van der Waals surface area contributed by atoms with Gasteiger partial charge in [-0.1, -0.05) is 13.8 Å². The summed E-state index contributed by atoms with van der Waals surface area (Å²) in [4.78, 5) is 15.0.